The fourth-order valence-corrected chi connectivity index (χ4v) is 5.21. The fraction of sp³-hybridized carbons (Fsp3) is 0.667. The van der Waals surface area contributed by atoms with Gasteiger partial charge in [0.1, 0.15) is 0 Å². The quantitative estimate of drug-likeness (QED) is 0.206. The molecule has 0 heterocycles. The summed E-state index contributed by atoms with van der Waals surface area (Å²) in [7, 11) is -3.68. The highest BCUT2D eigenvalue weighted by atomic mass is 28.4. The molecule has 0 saturated heterocycles. The summed E-state index contributed by atoms with van der Waals surface area (Å²) in [5, 5.41) is 0.146. The second-order valence-electron chi connectivity index (χ2n) is 11.1. The number of ether oxygens (including phenoxy) is 1. The van der Waals surface area contributed by atoms with Crippen molar-refractivity contribution in [1.82, 2.24) is 0 Å². The molecule has 0 spiro atoms. The van der Waals surface area contributed by atoms with Gasteiger partial charge in [0.25, 0.3) is 0 Å². The summed E-state index contributed by atoms with van der Waals surface area (Å²) < 4.78 is 19.2. The van der Waals surface area contributed by atoms with E-state index in [1.54, 1.807) is 0 Å². The maximum Gasteiger partial charge on any atom is 0.241 e. The van der Waals surface area contributed by atoms with Gasteiger partial charge in [0, 0.05) is 12.0 Å². The first-order chi connectivity index (χ1) is 13.1. The average Bonchev–Trinajstić information content (AvgIpc) is 2.55. The van der Waals surface area contributed by atoms with Crippen molar-refractivity contribution in [2.75, 3.05) is 6.61 Å². The highest BCUT2D eigenvalue weighted by Crippen LogP contribution is 2.43. The third-order valence-corrected chi connectivity index (χ3v) is 11.2. The maximum absolute atomic E-state index is 6.89. The van der Waals surface area contributed by atoms with Crippen LogP contribution in [0, 0.1) is 5.41 Å². The van der Waals surface area contributed by atoms with E-state index in [1.165, 1.54) is 5.56 Å². The van der Waals surface area contributed by atoms with Gasteiger partial charge in [-0.15, -0.1) is 0 Å². The van der Waals surface area contributed by atoms with Crippen LogP contribution in [0.4, 0.5) is 0 Å². The molecule has 0 bridgehead atoms. The van der Waals surface area contributed by atoms with Gasteiger partial charge in [0.15, 0.2) is 8.32 Å². The van der Waals surface area contributed by atoms with Crippen LogP contribution < -0.4 is 0 Å². The van der Waals surface area contributed by atoms with Crippen LogP contribution in [0.25, 0.3) is 0 Å². The van der Waals surface area contributed by atoms with Crippen molar-refractivity contribution in [2.45, 2.75) is 91.5 Å². The molecule has 0 aromatic heterocycles. The Balaban J connectivity index is 2.91. The standard InChI is InChI=1S/C24H44O3Si2/c1-20(26-28(7,8)9)24(5,6)22(27-29(10,11)23(2,3)4)17-18-25-19-21-15-13-12-14-16-21/h12-16,22H,1,17-19H2,2-11H3/t22-/m1/s1. The van der Waals surface area contributed by atoms with Crippen LogP contribution in [-0.4, -0.2) is 29.3 Å². The highest BCUT2D eigenvalue weighted by Gasteiger charge is 2.44. The first-order valence-corrected chi connectivity index (χ1v) is 17.1. The Bertz CT molecular complexity index is 640. The molecule has 0 fully saturated rings. The van der Waals surface area contributed by atoms with Crippen molar-refractivity contribution in [2.24, 2.45) is 5.41 Å². The Kier molecular flexibility index (Phi) is 8.97. The molecule has 0 unspecified atom stereocenters. The summed E-state index contributed by atoms with van der Waals surface area (Å²) in [5.41, 5.74) is 0.909. The molecule has 1 aromatic rings. The van der Waals surface area contributed by atoms with Gasteiger partial charge < -0.3 is 13.6 Å². The van der Waals surface area contributed by atoms with E-state index in [1.807, 2.05) is 18.2 Å². The summed E-state index contributed by atoms with van der Waals surface area (Å²) in [4.78, 5) is 0. The molecule has 0 N–H and O–H groups in total. The molecule has 0 aliphatic rings. The lowest BCUT2D eigenvalue weighted by atomic mass is 9.83. The van der Waals surface area contributed by atoms with Crippen LogP contribution in [0.1, 0.15) is 46.6 Å². The van der Waals surface area contributed by atoms with Gasteiger partial charge in [-0.25, -0.2) is 0 Å². The molecule has 0 amide bonds. The normalized spacial score (nSPS) is 14.6. The topological polar surface area (TPSA) is 27.7 Å². The molecule has 0 saturated carbocycles. The van der Waals surface area contributed by atoms with Gasteiger partial charge in [-0.3, -0.25) is 0 Å². The summed E-state index contributed by atoms with van der Waals surface area (Å²) in [6.45, 7) is 28.0. The fourth-order valence-electron chi connectivity index (χ4n) is 2.73. The molecular formula is C24H44O3Si2. The van der Waals surface area contributed by atoms with E-state index < -0.39 is 16.6 Å². The van der Waals surface area contributed by atoms with E-state index in [4.69, 9.17) is 13.6 Å². The second kappa shape index (κ2) is 9.95. The molecule has 3 nitrogen and oxygen atoms in total. The van der Waals surface area contributed by atoms with E-state index in [2.05, 4.69) is 86.1 Å². The van der Waals surface area contributed by atoms with Crippen LogP contribution in [0.5, 0.6) is 0 Å². The van der Waals surface area contributed by atoms with E-state index in [0.717, 1.165) is 12.2 Å². The minimum atomic E-state index is -1.95. The van der Waals surface area contributed by atoms with Gasteiger partial charge in [0.05, 0.1) is 18.5 Å². The molecule has 0 aliphatic heterocycles. The van der Waals surface area contributed by atoms with Gasteiger partial charge in [-0.05, 0) is 49.8 Å². The zero-order valence-electron chi connectivity index (χ0n) is 20.5. The van der Waals surface area contributed by atoms with Crippen molar-refractivity contribution < 1.29 is 13.6 Å². The van der Waals surface area contributed by atoms with Crippen LogP contribution in [0.15, 0.2) is 42.7 Å². The molecule has 166 valence electrons. The Morgan fingerprint density at radius 3 is 2.00 bits per heavy atom. The van der Waals surface area contributed by atoms with Crippen LogP contribution in [-0.2, 0) is 20.2 Å². The van der Waals surface area contributed by atoms with Gasteiger partial charge in [-0.2, -0.15) is 0 Å². The molecule has 1 aromatic carbocycles. The van der Waals surface area contributed by atoms with E-state index in [9.17, 15) is 0 Å². The molecule has 5 heteroatoms. The summed E-state index contributed by atoms with van der Waals surface area (Å²) >= 11 is 0. The maximum atomic E-state index is 6.89. The molecule has 0 radical (unpaired) electrons. The van der Waals surface area contributed by atoms with Crippen molar-refractivity contribution in [1.29, 1.82) is 0 Å². The van der Waals surface area contributed by atoms with Gasteiger partial charge in [-0.1, -0.05) is 71.5 Å². The monoisotopic (exact) mass is 436 g/mol. The van der Waals surface area contributed by atoms with Crippen LogP contribution in [0.2, 0.25) is 37.8 Å². The predicted octanol–water partition coefficient (Wildman–Crippen LogP) is 7.38. The molecule has 0 aliphatic carbocycles. The molecular weight excluding hydrogens is 392 g/mol. The molecule has 29 heavy (non-hydrogen) atoms. The predicted molar refractivity (Wildman–Crippen MR) is 130 cm³/mol. The third-order valence-electron chi connectivity index (χ3n) is 5.83. The second-order valence-corrected chi connectivity index (χ2v) is 20.2. The highest BCUT2D eigenvalue weighted by molar-refractivity contribution is 6.74. The Labute approximate surface area is 182 Å². The zero-order chi connectivity index (χ0) is 22.5. The lowest BCUT2D eigenvalue weighted by Crippen LogP contribution is -2.49. The van der Waals surface area contributed by atoms with Crippen molar-refractivity contribution in [3.8, 4) is 0 Å². The largest absolute Gasteiger partial charge is 0.547 e. The minimum absolute atomic E-state index is 0.00279. The summed E-state index contributed by atoms with van der Waals surface area (Å²) in [6.07, 6.45) is 0.823. The van der Waals surface area contributed by atoms with E-state index in [-0.39, 0.29) is 16.6 Å². The number of hydrogen-bond donors (Lipinski definition) is 0. The Morgan fingerprint density at radius 2 is 1.52 bits per heavy atom. The summed E-state index contributed by atoms with van der Waals surface area (Å²) in [5.74, 6) is 0.837. The van der Waals surface area contributed by atoms with Gasteiger partial charge >= 0.3 is 0 Å². The SMILES string of the molecule is C=C(O[Si](C)(C)C)C(C)(C)[C@@H](CCOCc1ccccc1)O[Si](C)(C)C(C)(C)C. The number of rotatable bonds is 11. The average molecular weight is 437 g/mol. The van der Waals surface area contributed by atoms with Gasteiger partial charge in [0.2, 0.25) is 8.32 Å². The number of hydrogen-bond acceptors (Lipinski definition) is 3. The Morgan fingerprint density at radius 1 is 0.966 bits per heavy atom. The van der Waals surface area contributed by atoms with Crippen LogP contribution in [0.3, 0.4) is 0 Å². The van der Waals surface area contributed by atoms with Crippen molar-refractivity contribution in [3.63, 3.8) is 0 Å². The lowest BCUT2D eigenvalue weighted by Gasteiger charge is -2.45. The van der Waals surface area contributed by atoms with Crippen molar-refractivity contribution >= 4 is 16.6 Å². The van der Waals surface area contributed by atoms with E-state index >= 15 is 0 Å². The molecule has 1 atom stereocenters. The third kappa shape index (κ3) is 8.40. The van der Waals surface area contributed by atoms with E-state index in [0.29, 0.717) is 13.2 Å². The Hall–Kier alpha value is -0.886. The first kappa shape index (κ1) is 26.1. The first-order valence-electron chi connectivity index (χ1n) is 10.7. The summed E-state index contributed by atoms with van der Waals surface area (Å²) in [6, 6.07) is 10.3. The zero-order valence-corrected chi connectivity index (χ0v) is 22.5. The van der Waals surface area contributed by atoms with Crippen molar-refractivity contribution in [3.05, 3.63) is 48.2 Å². The molecule has 1 rings (SSSR count). The smallest absolute Gasteiger partial charge is 0.241 e. The minimum Gasteiger partial charge on any atom is -0.547 e. The van der Waals surface area contributed by atoms with Crippen LogP contribution >= 0.6 is 0 Å². The number of benzene rings is 1. The lowest BCUT2D eigenvalue weighted by molar-refractivity contribution is 0.0193.